The highest BCUT2D eigenvalue weighted by atomic mass is 19.4. The normalized spacial score (nSPS) is 22.1. The molecule has 2 heterocycles. The fourth-order valence-electron chi connectivity index (χ4n) is 6.79. The molecule has 2 aromatic carbocycles. The van der Waals surface area contributed by atoms with Gasteiger partial charge in [0.15, 0.2) is 0 Å². The molecule has 1 saturated carbocycles. The maximum atomic E-state index is 13.8. The van der Waals surface area contributed by atoms with Crippen molar-refractivity contribution in [2.75, 3.05) is 19.6 Å². The van der Waals surface area contributed by atoms with Gasteiger partial charge in [0.1, 0.15) is 28.8 Å². The lowest BCUT2D eigenvalue weighted by Gasteiger charge is -2.52. The van der Waals surface area contributed by atoms with Gasteiger partial charge in [0.25, 0.3) is 0 Å². The van der Waals surface area contributed by atoms with Gasteiger partial charge in [-0.1, -0.05) is 44.7 Å². The van der Waals surface area contributed by atoms with Crippen molar-refractivity contribution in [1.82, 2.24) is 15.1 Å². The molecule has 240 valence electrons. The average Bonchev–Trinajstić information content (AvgIpc) is 2.98. The molecule has 0 aromatic heterocycles. The molecular weight excluding hydrogens is 575 g/mol. The quantitative estimate of drug-likeness (QED) is 0.344. The number of benzene rings is 2. The number of aliphatic hydroxyl groups is 1. The second kappa shape index (κ2) is 13.4. The van der Waals surface area contributed by atoms with Crippen LogP contribution >= 0.6 is 0 Å². The number of alkyl halides is 3. The van der Waals surface area contributed by atoms with Crippen LogP contribution < -0.4 is 14.8 Å². The van der Waals surface area contributed by atoms with E-state index in [0.29, 0.717) is 63.4 Å². The Morgan fingerprint density at radius 3 is 2.09 bits per heavy atom. The van der Waals surface area contributed by atoms with Crippen molar-refractivity contribution >= 4 is 11.8 Å². The van der Waals surface area contributed by atoms with Crippen LogP contribution in [0.3, 0.4) is 0 Å². The van der Waals surface area contributed by atoms with Crippen molar-refractivity contribution < 1.29 is 37.3 Å². The number of hydrogen-bond acceptors (Lipinski definition) is 6. The van der Waals surface area contributed by atoms with Crippen LogP contribution in [0.5, 0.6) is 17.2 Å². The smallest absolute Gasteiger partial charge is 0.457 e. The number of halogens is 3. The van der Waals surface area contributed by atoms with E-state index in [1.165, 1.54) is 24.3 Å². The summed E-state index contributed by atoms with van der Waals surface area (Å²) in [6, 6.07) is 12.0. The number of carbonyl (C=O) groups excluding carboxylic acids is 2. The van der Waals surface area contributed by atoms with E-state index in [4.69, 9.17) is 4.74 Å². The summed E-state index contributed by atoms with van der Waals surface area (Å²) < 4.78 is 46.8. The summed E-state index contributed by atoms with van der Waals surface area (Å²) in [5.41, 5.74) is -0.713. The Balaban J connectivity index is 1.17. The molecule has 8 nitrogen and oxygen atoms in total. The lowest BCUT2D eigenvalue weighted by Crippen LogP contribution is -2.73. The lowest BCUT2D eigenvalue weighted by atomic mass is 9.77. The molecule has 0 unspecified atom stereocenters. The van der Waals surface area contributed by atoms with Gasteiger partial charge in [-0.05, 0) is 74.1 Å². The third-order valence-corrected chi connectivity index (χ3v) is 9.22. The van der Waals surface area contributed by atoms with Crippen molar-refractivity contribution in [1.29, 1.82) is 0 Å². The number of amides is 2. The maximum Gasteiger partial charge on any atom is 0.573 e. The first kappa shape index (κ1) is 32.1. The second-order valence-electron chi connectivity index (χ2n) is 12.4. The summed E-state index contributed by atoms with van der Waals surface area (Å²) in [5.74, 6) is 0.453. The number of likely N-dealkylation sites (tertiary alicyclic amines) is 1. The number of piperazine rings is 1. The number of rotatable bonds is 10. The Morgan fingerprint density at radius 2 is 1.50 bits per heavy atom. The number of nitrogens with one attached hydrogen (secondary N) is 1. The Kier molecular flexibility index (Phi) is 9.74. The van der Waals surface area contributed by atoms with Crippen molar-refractivity contribution in [3.63, 3.8) is 0 Å². The minimum absolute atomic E-state index is 0.0661. The van der Waals surface area contributed by atoms with E-state index in [-0.39, 0.29) is 24.0 Å². The molecule has 2 amide bonds. The molecule has 44 heavy (non-hydrogen) atoms. The fraction of sp³-hybridized carbons (Fsp3) is 0.576. The molecule has 5 rings (SSSR count). The van der Waals surface area contributed by atoms with E-state index >= 15 is 0 Å². The van der Waals surface area contributed by atoms with Crippen LogP contribution in [0.1, 0.15) is 76.7 Å². The van der Waals surface area contributed by atoms with E-state index in [9.17, 15) is 27.9 Å². The summed E-state index contributed by atoms with van der Waals surface area (Å²) in [6.07, 6.45) is 2.67. The van der Waals surface area contributed by atoms with E-state index in [2.05, 4.69) is 21.9 Å². The second-order valence-corrected chi connectivity index (χ2v) is 12.4. The molecule has 3 fully saturated rings. The number of piperidine rings is 1. The number of carbonyl (C=O) groups is 2. The van der Waals surface area contributed by atoms with E-state index in [1.54, 1.807) is 12.1 Å². The Labute approximate surface area is 256 Å². The average molecular weight is 618 g/mol. The van der Waals surface area contributed by atoms with Crippen molar-refractivity contribution in [2.24, 2.45) is 0 Å². The first-order valence-corrected chi connectivity index (χ1v) is 15.7. The van der Waals surface area contributed by atoms with Gasteiger partial charge in [-0.2, -0.15) is 0 Å². The molecule has 3 aliphatic rings. The monoisotopic (exact) mass is 617 g/mol. The van der Waals surface area contributed by atoms with Gasteiger partial charge >= 0.3 is 6.36 Å². The van der Waals surface area contributed by atoms with Crippen LogP contribution in [-0.2, 0) is 16.1 Å². The van der Waals surface area contributed by atoms with Gasteiger partial charge in [-0.15, -0.1) is 13.2 Å². The molecule has 2 aliphatic heterocycles. The zero-order valence-corrected chi connectivity index (χ0v) is 25.2. The zero-order valence-electron chi connectivity index (χ0n) is 25.2. The number of unbranched alkanes of at least 4 members (excludes halogenated alkanes) is 1. The number of hydrogen-bond donors (Lipinski definition) is 2. The predicted octanol–water partition coefficient (Wildman–Crippen LogP) is 5.92. The van der Waals surface area contributed by atoms with Crippen LogP contribution in [0, 0.1) is 0 Å². The highest BCUT2D eigenvalue weighted by Gasteiger charge is 2.54. The standard InChI is InChI=1S/C33H42F3N3O5/c1-2-3-19-39-29(40)28(22-31(42)15-5-4-6-16-31)37-30(41)32(39)17-20-38(21-18-32)23-24-7-9-25(10-8-24)43-26-11-13-27(14-12-26)44-33(34,35)36/h7-14,28,42H,2-6,15-23H2,1H3,(H,37,41)/t28-/m1/s1. The van der Waals surface area contributed by atoms with Gasteiger partial charge in [-0.25, -0.2) is 0 Å². The Bertz CT molecular complexity index is 1270. The number of ether oxygens (including phenoxy) is 2. The minimum atomic E-state index is -4.75. The summed E-state index contributed by atoms with van der Waals surface area (Å²) in [5, 5.41) is 14.2. The molecule has 0 radical (unpaired) electrons. The summed E-state index contributed by atoms with van der Waals surface area (Å²) in [4.78, 5) is 31.6. The van der Waals surface area contributed by atoms with Crippen LogP contribution in [0.2, 0.25) is 0 Å². The fourth-order valence-corrected chi connectivity index (χ4v) is 6.79. The largest absolute Gasteiger partial charge is 0.573 e. The summed E-state index contributed by atoms with van der Waals surface area (Å²) >= 11 is 0. The highest BCUT2D eigenvalue weighted by molar-refractivity contribution is 6.00. The minimum Gasteiger partial charge on any atom is -0.457 e. The molecule has 1 atom stereocenters. The number of nitrogens with zero attached hydrogens (tertiary/aromatic N) is 2. The molecule has 2 aromatic rings. The third kappa shape index (κ3) is 7.66. The van der Waals surface area contributed by atoms with E-state index < -0.39 is 23.5 Å². The first-order valence-electron chi connectivity index (χ1n) is 15.7. The van der Waals surface area contributed by atoms with E-state index in [0.717, 1.165) is 37.7 Å². The molecule has 1 aliphatic carbocycles. The summed E-state index contributed by atoms with van der Waals surface area (Å²) in [7, 11) is 0. The molecule has 0 bridgehead atoms. The van der Waals surface area contributed by atoms with Gasteiger partial charge in [0.05, 0.1) is 5.60 Å². The van der Waals surface area contributed by atoms with Gasteiger partial charge in [-0.3, -0.25) is 14.5 Å². The zero-order chi connectivity index (χ0) is 31.4. The topological polar surface area (TPSA) is 91.3 Å². The maximum absolute atomic E-state index is 13.8. The first-order chi connectivity index (χ1) is 21.0. The Morgan fingerprint density at radius 1 is 0.909 bits per heavy atom. The van der Waals surface area contributed by atoms with Gasteiger partial charge in [0, 0.05) is 32.6 Å². The predicted molar refractivity (Wildman–Crippen MR) is 158 cm³/mol. The van der Waals surface area contributed by atoms with Crippen LogP contribution in [-0.4, -0.2) is 69.9 Å². The summed E-state index contributed by atoms with van der Waals surface area (Å²) in [6.45, 7) is 4.59. The molecule has 1 spiro atoms. The van der Waals surface area contributed by atoms with E-state index in [1.807, 2.05) is 17.0 Å². The molecular formula is C33H42F3N3O5. The lowest BCUT2D eigenvalue weighted by molar-refractivity contribution is -0.274. The molecule has 2 saturated heterocycles. The highest BCUT2D eigenvalue weighted by Crippen LogP contribution is 2.38. The van der Waals surface area contributed by atoms with Gasteiger partial charge in [0.2, 0.25) is 11.8 Å². The molecule has 11 heteroatoms. The van der Waals surface area contributed by atoms with Crippen molar-refractivity contribution in [3.05, 3.63) is 54.1 Å². The van der Waals surface area contributed by atoms with Crippen LogP contribution in [0.4, 0.5) is 13.2 Å². The van der Waals surface area contributed by atoms with Crippen molar-refractivity contribution in [2.45, 2.75) is 101 Å². The Hall–Kier alpha value is -3.31. The van der Waals surface area contributed by atoms with Gasteiger partial charge < -0.3 is 24.8 Å². The van der Waals surface area contributed by atoms with Crippen LogP contribution in [0.25, 0.3) is 0 Å². The van der Waals surface area contributed by atoms with Crippen LogP contribution in [0.15, 0.2) is 48.5 Å². The SMILES string of the molecule is CCCCN1C(=O)[C@@H](CC2(O)CCCCC2)NC(=O)C12CCN(Cc1ccc(Oc3ccc(OC(F)(F)F)cc3)cc1)CC2. The third-order valence-electron chi connectivity index (χ3n) is 9.22. The molecule has 2 N–H and O–H groups in total. The van der Waals surface area contributed by atoms with Crippen molar-refractivity contribution in [3.8, 4) is 17.2 Å².